The van der Waals surface area contributed by atoms with Gasteiger partial charge in [0.15, 0.2) is 5.13 Å². The van der Waals surface area contributed by atoms with E-state index in [0.717, 1.165) is 22.8 Å². The standard InChI is InChI=1S/C20H18N4O2S/c1-3-24-17-7-5-4-6-14(17)15-10-13(8-9-18(15)24)22-19(26)16-11-27-20(23-16)21-12(2)25/h4-11H,3H2,1-2H3,(H,22,26)(H,21,23,25). The van der Waals surface area contributed by atoms with Gasteiger partial charge in [-0.2, -0.15) is 0 Å². The van der Waals surface area contributed by atoms with E-state index in [1.54, 1.807) is 5.38 Å². The number of benzene rings is 2. The van der Waals surface area contributed by atoms with Gasteiger partial charge in [-0.3, -0.25) is 9.59 Å². The fourth-order valence-electron chi connectivity index (χ4n) is 3.25. The number of carbonyl (C=O) groups is 2. The number of aromatic nitrogens is 2. The molecule has 6 nitrogen and oxygen atoms in total. The van der Waals surface area contributed by atoms with Crippen LogP contribution in [-0.2, 0) is 11.3 Å². The number of fused-ring (bicyclic) bond motifs is 3. The second-order valence-corrected chi connectivity index (χ2v) is 7.02. The largest absolute Gasteiger partial charge is 0.341 e. The van der Waals surface area contributed by atoms with Gasteiger partial charge in [-0.25, -0.2) is 4.98 Å². The predicted octanol–water partition coefficient (Wildman–Crippen LogP) is 4.48. The third-order valence-electron chi connectivity index (χ3n) is 4.37. The number of amides is 2. The van der Waals surface area contributed by atoms with E-state index < -0.39 is 0 Å². The summed E-state index contributed by atoms with van der Waals surface area (Å²) in [6.07, 6.45) is 0. The van der Waals surface area contributed by atoms with E-state index >= 15 is 0 Å². The van der Waals surface area contributed by atoms with Crippen molar-refractivity contribution in [2.45, 2.75) is 20.4 Å². The molecule has 27 heavy (non-hydrogen) atoms. The summed E-state index contributed by atoms with van der Waals surface area (Å²) in [5.41, 5.74) is 3.30. The first-order chi connectivity index (χ1) is 13.1. The lowest BCUT2D eigenvalue weighted by Crippen LogP contribution is -2.13. The molecule has 2 heterocycles. The van der Waals surface area contributed by atoms with E-state index in [4.69, 9.17) is 0 Å². The van der Waals surface area contributed by atoms with E-state index in [-0.39, 0.29) is 17.5 Å². The minimum atomic E-state index is -0.304. The lowest BCUT2D eigenvalue weighted by atomic mass is 10.1. The zero-order valence-electron chi connectivity index (χ0n) is 14.9. The van der Waals surface area contributed by atoms with Gasteiger partial charge >= 0.3 is 0 Å². The summed E-state index contributed by atoms with van der Waals surface area (Å²) < 4.78 is 2.26. The van der Waals surface area contributed by atoms with Crippen LogP contribution in [0.2, 0.25) is 0 Å². The van der Waals surface area contributed by atoms with Crippen LogP contribution in [0, 0.1) is 0 Å². The van der Waals surface area contributed by atoms with Gasteiger partial charge in [0.1, 0.15) is 5.69 Å². The maximum Gasteiger partial charge on any atom is 0.275 e. The molecule has 136 valence electrons. The molecule has 2 aromatic heterocycles. The first-order valence-corrected chi connectivity index (χ1v) is 9.50. The minimum Gasteiger partial charge on any atom is -0.341 e. The Kier molecular flexibility index (Phi) is 4.37. The van der Waals surface area contributed by atoms with Gasteiger partial charge in [-0.05, 0) is 31.2 Å². The molecule has 0 aliphatic rings. The molecule has 0 radical (unpaired) electrons. The lowest BCUT2D eigenvalue weighted by molar-refractivity contribution is -0.114. The van der Waals surface area contributed by atoms with Crippen LogP contribution in [0.15, 0.2) is 47.8 Å². The lowest BCUT2D eigenvalue weighted by Gasteiger charge is -2.05. The van der Waals surface area contributed by atoms with Crippen LogP contribution in [0.4, 0.5) is 10.8 Å². The van der Waals surface area contributed by atoms with Gasteiger partial charge < -0.3 is 15.2 Å². The number of anilines is 2. The highest BCUT2D eigenvalue weighted by molar-refractivity contribution is 7.14. The van der Waals surface area contributed by atoms with E-state index in [0.29, 0.717) is 10.8 Å². The van der Waals surface area contributed by atoms with Gasteiger partial charge in [0, 0.05) is 46.3 Å². The first-order valence-electron chi connectivity index (χ1n) is 8.62. The molecule has 0 atom stereocenters. The number of rotatable bonds is 4. The Bertz CT molecular complexity index is 1180. The number of nitrogens with zero attached hydrogens (tertiary/aromatic N) is 2. The van der Waals surface area contributed by atoms with Crippen LogP contribution in [0.3, 0.4) is 0 Å². The quantitative estimate of drug-likeness (QED) is 0.550. The highest BCUT2D eigenvalue weighted by Crippen LogP contribution is 2.31. The monoisotopic (exact) mass is 378 g/mol. The Labute approximate surface area is 159 Å². The Morgan fingerprint density at radius 2 is 1.85 bits per heavy atom. The number of hydrogen-bond donors (Lipinski definition) is 2. The summed E-state index contributed by atoms with van der Waals surface area (Å²) in [6, 6.07) is 14.2. The van der Waals surface area contributed by atoms with Crippen molar-refractivity contribution in [2.24, 2.45) is 0 Å². The Morgan fingerprint density at radius 3 is 2.63 bits per heavy atom. The molecule has 2 aromatic carbocycles. The van der Waals surface area contributed by atoms with Crippen molar-refractivity contribution in [3.8, 4) is 0 Å². The third-order valence-corrected chi connectivity index (χ3v) is 5.12. The van der Waals surface area contributed by atoms with Gasteiger partial charge in [-0.1, -0.05) is 18.2 Å². The van der Waals surface area contributed by atoms with Crippen LogP contribution in [-0.4, -0.2) is 21.4 Å². The molecule has 0 unspecified atom stereocenters. The topological polar surface area (TPSA) is 76.0 Å². The molecule has 0 saturated heterocycles. The van der Waals surface area contributed by atoms with Crippen LogP contribution in [0.1, 0.15) is 24.3 Å². The molecule has 4 aromatic rings. The molecule has 4 rings (SSSR count). The third kappa shape index (κ3) is 3.17. The van der Waals surface area contributed by atoms with Gasteiger partial charge in [0.25, 0.3) is 5.91 Å². The van der Waals surface area contributed by atoms with Crippen LogP contribution in [0.5, 0.6) is 0 Å². The number of hydrogen-bond acceptors (Lipinski definition) is 4. The zero-order valence-corrected chi connectivity index (χ0v) is 15.8. The highest BCUT2D eigenvalue weighted by atomic mass is 32.1. The molecule has 0 bridgehead atoms. The van der Waals surface area contributed by atoms with E-state index in [1.165, 1.54) is 23.8 Å². The summed E-state index contributed by atoms with van der Waals surface area (Å²) in [7, 11) is 0. The molecule has 0 aliphatic heterocycles. The summed E-state index contributed by atoms with van der Waals surface area (Å²) in [5.74, 6) is -0.518. The molecule has 7 heteroatoms. The molecule has 0 fully saturated rings. The summed E-state index contributed by atoms with van der Waals surface area (Å²) >= 11 is 1.22. The van der Waals surface area contributed by atoms with Gasteiger partial charge in [-0.15, -0.1) is 11.3 Å². The van der Waals surface area contributed by atoms with E-state index in [2.05, 4.69) is 39.2 Å². The molecular weight excluding hydrogens is 360 g/mol. The van der Waals surface area contributed by atoms with Crippen molar-refractivity contribution in [3.05, 3.63) is 53.5 Å². The summed E-state index contributed by atoms with van der Waals surface area (Å²) in [5, 5.41) is 9.77. The van der Waals surface area contributed by atoms with Gasteiger partial charge in [0.05, 0.1) is 0 Å². The summed E-state index contributed by atoms with van der Waals surface area (Å²) in [4.78, 5) is 27.7. The van der Waals surface area contributed by atoms with Crippen molar-refractivity contribution in [1.29, 1.82) is 0 Å². The smallest absolute Gasteiger partial charge is 0.275 e. The number of thiazole rings is 1. The van der Waals surface area contributed by atoms with Crippen LogP contribution >= 0.6 is 11.3 Å². The minimum absolute atomic E-state index is 0.214. The fourth-order valence-corrected chi connectivity index (χ4v) is 3.99. The number of carbonyl (C=O) groups excluding carboxylic acids is 2. The van der Waals surface area contributed by atoms with E-state index in [9.17, 15) is 9.59 Å². The van der Waals surface area contributed by atoms with Crippen LogP contribution in [0.25, 0.3) is 21.8 Å². The number of para-hydroxylation sites is 1. The second kappa shape index (κ2) is 6.85. The van der Waals surface area contributed by atoms with Crippen molar-refractivity contribution in [2.75, 3.05) is 10.6 Å². The number of nitrogens with one attached hydrogen (secondary N) is 2. The second-order valence-electron chi connectivity index (χ2n) is 6.17. The SMILES string of the molecule is CCn1c2ccccc2c2cc(NC(=O)c3csc(NC(C)=O)n3)ccc21. The van der Waals surface area contributed by atoms with Crippen molar-refractivity contribution < 1.29 is 9.59 Å². The molecule has 2 amide bonds. The fraction of sp³-hybridized carbons (Fsp3) is 0.150. The average molecular weight is 378 g/mol. The van der Waals surface area contributed by atoms with E-state index in [1.807, 2.05) is 30.3 Å². The highest BCUT2D eigenvalue weighted by Gasteiger charge is 2.14. The van der Waals surface area contributed by atoms with Crippen molar-refractivity contribution in [3.63, 3.8) is 0 Å². The Balaban J connectivity index is 1.66. The number of aryl methyl sites for hydroxylation is 1. The molecular formula is C20H18N4O2S. The Morgan fingerprint density at radius 1 is 1.07 bits per heavy atom. The maximum atomic E-state index is 12.5. The van der Waals surface area contributed by atoms with Crippen molar-refractivity contribution in [1.82, 2.24) is 9.55 Å². The molecule has 0 saturated carbocycles. The zero-order chi connectivity index (χ0) is 19.0. The predicted molar refractivity (Wildman–Crippen MR) is 109 cm³/mol. The van der Waals surface area contributed by atoms with Crippen molar-refractivity contribution >= 4 is 55.8 Å². The normalized spacial score (nSPS) is 11.0. The molecule has 2 N–H and O–H groups in total. The average Bonchev–Trinajstić information content (AvgIpc) is 3.23. The molecule has 0 aliphatic carbocycles. The van der Waals surface area contributed by atoms with Gasteiger partial charge in [0.2, 0.25) is 5.91 Å². The summed E-state index contributed by atoms with van der Waals surface area (Å²) in [6.45, 7) is 4.40. The Hall–Kier alpha value is -3.19. The van der Waals surface area contributed by atoms with Crippen LogP contribution < -0.4 is 10.6 Å². The first kappa shape index (κ1) is 17.2. The maximum absolute atomic E-state index is 12.5. The molecule has 0 spiro atoms.